The van der Waals surface area contributed by atoms with Gasteiger partial charge in [-0.15, -0.1) is 0 Å². The van der Waals surface area contributed by atoms with Crippen LogP contribution in [0.2, 0.25) is 0 Å². The van der Waals surface area contributed by atoms with Gasteiger partial charge >= 0.3 is 0 Å². The Bertz CT molecular complexity index is 1040. The summed E-state index contributed by atoms with van der Waals surface area (Å²) in [6.45, 7) is 5.07. The summed E-state index contributed by atoms with van der Waals surface area (Å²) in [7, 11) is 0. The number of hydrogen-bond acceptors (Lipinski definition) is 3. The topological polar surface area (TPSA) is 67.2 Å². The molecule has 2 heterocycles. The minimum absolute atomic E-state index is 0.0736. The highest BCUT2D eigenvalue weighted by atomic mass is 16.2. The summed E-state index contributed by atoms with van der Waals surface area (Å²) in [5, 5.41) is 7.66. The molecule has 4 rings (SSSR count). The number of aryl methyl sites for hydroxylation is 1. The van der Waals surface area contributed by atoms with E-state index in [4.69, 9.17) is 5.10 Å². The highest BCUT2D eigenvalue weighted by Crippen LogP contribution is 2.29. The van der Waals surface area contributed by atoms with Gasteiger partial charge in [0, 0.05) is 29.7 Å². The fourth-order valence-electron chi connectivity index (χ4n) is 3.53. The van der Waals surface area contributed by atoms with Crippen molar-refractivity contribution in [2.24, 2.45) is 0 Å². The molecule has 6 nitrogen and oxygen atoms in total. The average molecular weight is 402 g/mol. The van der Waals surface area contributed by atoms with Crippen molar-refractivity contribution in [3.05, 3.63) is 71.8 Å². The minimum Gasteiger partial charge on any atom is -0.350 e. The number of anilines is 1. The maximum atomic E-state index is 12.7. The second kappa shape index (κ2) is 8.53. The number of amides is 2. The Labute approximate surface area is 176 Å². The molecular formula is C24H26N4O2. The normalized spacial score (nSPS) is 14.3. The van der Waals surface area contributed by atoms with Crippen LogP contribution in [0.4, 0.5) is 5.82 Å². The largest absolute Gasteiger partial charge is 0.350 e. The van der Waals surface area contributed by atoms with Gasteiger partial charge in [-0.3, -0.25) is 14.5 Å². The number of hydrogen-bond donors (Lipinski definition) is 1. The van der Waals surface area contributed by atoms with Crippen molar-refractivity contribution in [1.29, 1.82) is 0 Å². The minimum atomic E-state index is -0.0736. The summed E-state index contributed by atoms with van der Waals surface area (Å²) in [4.78, 5) is 26.7. The van der Waals surface area contributed by atoms with E-state index in [2.05, 4.69) is 5.32 Å². The smallest absolute Gasteiger partial charge is 0.251 e. The van der Waals surface area contributed by atoms with Crippen LogP contribution in [0.15, 0.2) is 60.7 Å². The van der Waals surface area contributed by atoms with E-state index >= 15 is 0 Å². The van der Waals surface area contributed by atoms with Crippen molar-refractivity contribution in [3.8, 4) is 11.3 Å². The monoisotopic (exact) mass is 402 g/mol. The summed E-state index contributed by atoms with van der Waals surface area (Å²) in [5.74, 6) is 0.819. The molecule has 0 unspecified atom stereocenters. The number of carbonyl (C=O) groups is 2. The molecule has 0 saturated carbocycles. The van der Waals surface area contributed by atoms with Crippen LogP contribution in [-0.2, 0) is 17.9 Å². The number of fused-ring (bicyclic) bond motifs is 1. The first-order valence-electron chi connectivity index (χ1n) is 10.4. The number of rotatable bonds is 6. The zero-order chi connectivity index (χ0) is 21.1. The summed E-state index contributed by atoms with van der Waals surface area (Å²) >= 11 is 0. The maximum Gasteiger partial charge on any atom is 0.251 e. The highest BCUT2D eigenvalue weighted by Gasteiger charge is 2.26. The van der Waals surface area contributed by atoms with E-state index in [9.17, 15) is 9.59 Å². The van der Waals surface area contributed by atoms with Gasteiger partial charge in [0.05, 0.1) is 18.8 Å². The third kappa shape index (κ3) is 4.13. The Balaban J connectivity index is 1.53. The van der Waals surface area contributed by atoms with E-state index in [0.29, 0.717) is 25.1 Å². The van der Waals surface area contributed by atoms with Crippen molar-refractivity contribution in [1.82, 2.24) is 15.1 Å². The Hall–Kier alpha value is -3.41. The molecule has 0 fully saturated rings. The van der Waals surface area contributed by atoms with Crippen LogP contribution in [0.5, 0.6) is 0 Å². The quantitative estimate of drug-likeness (QED) is 0.677. The van der Waals surface area contributed by atoms with E-state index in [-0.39, 0.29) is 17.9 Å². The number of carbonyl (C=O) groups excluding carboxylic acids is 2. The van der Waals surface area contributed by atoms with Crippen LogP contribution in [0.3, 0.4) is 0 Å². The molecule has 0 saturated heterocycles. The van der Waals surface area contributed by atoms with Crippen molar-refractivity contribution in [2.75, 3.05) is 4.90 Å². The highest BCUT2D eigenvalue weighted by molar-refractivity contribution is 5.95. The summed E-state index contributed by atoms with van der Waals surface area (Å²) in [6, 6.07) is 19.5. The molecule has 0 aliphatic carbocycles. The molecule has 0 spiro atoms. The van der Waals surface area contributed by atoms with Crippen molar-refractivity contribution < 1.29 is 9.59 Å². The standard InChI is InChI=1S/C24H26N4O2/c1-3-17(2)25-24(30)20-11-9-18(10-12-20)16-27-22-15-21(19-7-5-4-6-8-19)26-28(22)14-13-23(27)29/h4-12,15,17H,3,13-14,16H2,1-2H3,(H,25,30)/t17-/m1/s1. The lowest BCUT2D eigenvalue weighted by Gasteiger charge is -2.27. The van der Waals surface area contributed by atoms with Gasteiger partial charge in [0.25, 0.3) is 5.91 Å². The number of aromatic nitrogens is 2. The van der Waals surface area contributed by atoms with E-state index in [0.717, 1.165) is 29.1 Å². The van der Waals surface area contributed by atoms with Crippen LogP contribution >= 0.6 is 0 Å². The molecule has 154 valence electrons. The molecule has 1 aromatic heterocycles. The molecule has 1 aliphatic rings. The van der Waals surface area contributed by atoms with Gasteiger partial charge < -0.3 is 5.32 Å². The van der Waals surface area contributed by atoms with E-state index in [1.807, 2.05) is 79.2 Å². The molecule has 0 radical (unpaired) electrons. The SMILES string of the molecule is CC[C@@H](C)NC(=O)c1ccc(CN2C(=O)CCn3nc(-c4ccccc4)cc32)cc1. The molecular weight excluding hydrogens is 376 g/mol. The molecule has 1 aliphatic heterocycles. The van der Waals surface area contributed by atoms with Gasteiger partial charge in [0.2, 0.25) is 5.91 Å². The van der Waals surface area contributed by atoms with Crippen LogP contribution in [0.25, 0.3) is 11.3 Å². The predicted molar refractivity (Wildman–Crippen MR) is 117 cm³/mol. The molecule has 30 heavy (non-hydrogen) atoms. The Morgan fingerprint density at radius 3 is 2.57 bits per heavy atom. The fourth-order valence-corrected chi connectivity index (χ4v) is 3.53. The van der Waals surface area contributed by atoms with E-state index < -0.39 is 0 Å². The lowest BCUT2D eigenvalue weighted by molar-refractivity contribution is -0.119. The summed E-state index contributed by atoms with van der Waals surface area (Å²) < 4.78 is 1.90. The van der Waals surface area contributed by atoms with Crippen molar-refractivity contribution >= 4 is 17.6 Å². The average Bonchev–Trinajstić information content (AvgIpc) is 3.21. The number of nitrogens with one attached hydrogen (secondary N) is 1. The predicted octanol–water partition coefficient (Wildman–Crippen LogP) is 4.02. The molecule has 3 aromatic rings. The van der Waals surface area contributed by atoms with Crippen LogP contribution in [-0.4, -0.2) is 27.6 Å². The zero-order valence-electron chi connectivity index (χ0n) is 17.3. The van der Waals surface area contributed by atoms with Crippen LogP contribution in [0.1, 0.15) is 42.6 Å². The first kappa shape index (κ1) is 19.9. The lowest BCUT2D eigenvalue weighted by atomic mass is 10.1. The van der Waals surface area contributed by atoms with Gasteiger partial charge in [0.1, 0.15) is 5.82 Å². The van der Waals surface area contributed by atoms with Gasteiger partial charge in [0.15, 0.2) is 0 Å². The molecule has 6 heteroatoms. The van der Waals surface area contributed by atoms with Gasteiger partial charge in [-0.05, 0) is 31.0 Å². The molecule has 1 N–H and O–H groups in total. The molecule has 2 aromatic carbocycles. The number of nitrogens with zero attached hydrogens (tertiary/aromatic N) is 3. The summed E-state index contributed by atoms with van der Waals surface area (Å²) in [6.07, 6.45) is 1.32. The number of benzene rings is 2. The van der Waals surface area contributed by atoms with Gasteiger partial charge in [-0.2, -0.15) is 5.10 Å². The van der Waals surface area contributed by atoms with E-state index in [1.54, 1.807) is 4.90 Å². The van der Waals surface area contributed by atoms with Crippen molar-refractivity contribution in [3.63, 3.8) is 0 Å². The Kier molecular flexibility index (Phi) is 5.65. The first-order valence-corrected chi connectivity index (χ1v) is 10.4. The second-order valence-electron chi connectivity index (χ2n) is 7.69. The Morgan fingerprint density at radius 1 is 1.13 bits per heavy atom. The maximum absolute atomic E-state index is 12.7. The molecule has 2 amide bonds. The van der Waals surface area contributed by atoms with Crippen LogP contribution in [0, 0.1) is 0 Å². The van der Waals surface area contributed by atoms with E-state index in [1.165, 1.54) is 0 Å². The van der Waals surface area contributed by atoms with Crippen LogP contribution < -0.4 is 10.2 Å². The molecule has 1 atom stereocenters. The molecule has 0 bridgehead atoms. The third-order valence-corrected chi connectivity index (χ3v) is 5.49. The van der Waals surface area contributed by atoms with Gasteiger partial charge in [-0.25, -0.2) is 4.68 Å². The second-order valence-corrected chi connectivity index (χ2v) is 7.69. The summed E-state index contributed by atoms with van der Waals surface area (Å²) in [5.41, 5.74) is 3.49. The Morgan fingerprint density at radius 2 is 1.87 bits per heavy atom. The zero-order valence-corrected chi connectivity index (χ0v) is 17.3. The fraction of sp³-hybridized carbons (Fsp3) is 0.292. The lowest BCUT2D eigenvalue weighted by Crippen LogP contribution is -2.37. The third-order valence-electron chi connectivity index (χ3n) is 5.49. The van der Waals surface area contributed by atoms with Crippen molar-refractivity contribution in [2.45, 2.75) is 45.8 Å². The van der Waals surface area contributed by atoms with Gasteiger partial charge in [-0.1, -0.05) is 49.4 Å². The first-order chi connectivity index (χ1) is 14.5.